The molecule has 19 heavy (non-hydrogen) atoms. The zero-order valence-corrected chi connectivity index (χ0v) is 11.5. The number of morpholine rings is 1. The molecule has 5 heteroatoms. The molecule has 2 heterocycles. The summed E-state index contributed by atoms with van der Waals surface area (Å²) in [4.78, 5) is 11.0. The molecule has 1 aromatic carbocycles. The van der Waals surface area contributed by atoms with Gasteiger partial charge in [-0.2, -0.15) is 0 Å². The van der Waals surface area contributed by atoms with Gasteiger partial charge >= 0.3 is 0 Å². The quantitative estimate of drug-likeness (QED) is 0.791. The number of halogens is 1. The van der Waals surface area contributed by atoms with Gasteiger partial charge in [-0.3, -0.25) is 0 Å². The van der Waals surface area contributed by atoms with Gasteiger partial charge < -0.3 is 9.64 Å². The molecule has 1 fully saturated rings. The average molecular weight is 278 g/mol. The fourth-order valence-electron chi connectivity index (χ4n) is 2.55. The third-order valence-electron chi connectivity index (χ3n) is 3.32. The molecule has 1 aliphatic rings. The number of benzene rings is 1. The van der Waals surface area contributed by atoms with Gasteiger partial charge in [0.25, 0.3) is 0 Å². The van der Waals surface area contributed by atoms with Crippen LogP contribution in [0, 0.1) is 0 Å². The fraction of sp³-hybridized carbons (Fsp3) is 0.429. The third-order valence-corrected chi connectivity index (χ3v) is 3.66. The van der Waals surface area contributed by atoms with E-state index in [4.69, 9.17) is 16.3 Å². The van der Waals surface area contributed by atoms with Crippen molar-refractivity contribution in [1.82, 2.24) is 9.97 Å². The Morgan fingerprint density at radius 3 is 3.00 bits per heavy atom. The first-order valence-electron chi connectivity index (χ1n) is 6.44. The number of hydrogen-bond donors (Lipinski definition) is 0. The van der Waals surface area contributed by atoms with Gasteiger partial charge in [-0.15, -0.1) is 11.6 Å². The Balaban J connectivity index is 1.99. The van der Waals surface area contributed by atoms with Crippen LogP contribution in [0.25, 0.3) is 10.9 Å². The second kappa shape index (κ2) is 5.31. The van der Waals surface area contributed by atoms with Crippen molar-refractivity contribution in [2.75, 3.05) is 23.9 Å². The van der Waals surface area contributed by atoms with Crippen molar-refractivity contribution < 1.29 is 4.74 Å². The molecule has 1 saturated heterocycles. The number of alkyl halides is 1. The maximum atomic E-state index is 5.93. The Hall–Kier alpha value is -1.39. The van der Waals surface area contributed by atoms with Gasteiger partial charge in [0, 0.05) is 18.5 Å². The first-order chi connectivity index (χ1) is 9.28. The fourth-order valence-corrected chi connectivity index (χ4v) is 2.72. The van der Waals surface area contributed by atoms with Crippen LogP contribution in [-0.4, -0.2) is 41.1 Å². The highest BCUT2D eigenvalue weighted by molar-refractivity contribution is 6.18. The summed E-state index contributed by atoms with van der Waals surface area (Å²) >= 11 is 5.93. The normalized spacial score (nSPS) is 23.8. The molecule has 0 bridgehead atoms. The molecule has 4 nitrogen and oxygen atoms in total. The lowest BCUT2D eigenvalue weighted by Gasteiger charge is -2.37. The Bertz CT molecular complexity index is 572. The molecule has 3 rings (SSSR count). The van der Waals surface area contributed by atoms with Crippen LogP contribution >= 0.6 is 11.6 Å². The highest BCUT2D eigenvalue weighted by atomic mass is 35.5. The van der Waals surface area contributed by atoms with E-state index in [0.29, 0.717) is 5.88 Å². The molecule has 0 radical (unpaired) electrons. The number of anilines is 1. The molecule has 1 aromatic heterocycles. The topological polar surface area (TPSA) is 38.2 Å². The van der Waals surface area contributed by atoms with E-state index >= 15 is 0 Å². The molecule has 2 unspecified atom stereocenters. The molecule has 1 aliphatic heterocycles. The summed E-state index contributed by atoms with van der Waals surface area (Å²) in [5.74, 6) is 1.47. The SMILES string of the molecule is CC1CN(c2ncnc3ccccc23)CC(CCl)O1. The summed E-state index contributed by atoms with van der Waals surface area (Å²) in [5, 5.41) is 1.08. The van der Waals surface area contributed by atoms with Gasteiger partial charge in [0.05, 0.1) is 23.6 Å². The Morgan fingerprint density at radius 1 is 1.32 bits per heavy atom. The molecule has 2 atom stereocenters. The van der Waals surface area contributed by atoms with E-state index in [1.807, 2.05) is 18.2 Å². The van der Waals surface area contributed by atoms with Crippen LogP contribution in [0.15, 0.2) is 30.6 Å². The summed E-state index contributed by atoms with van der Waals surface area (Å²) in [6, 6.07) is 8.06. The Labute approximate surface area is 117 Å². The number of fused-ring (bicyclic) bond motifs is 1. The number of aromatic nitrogens is 2. The molecule has 100 valence electrons. The zero-order chi connectivity index (χ0) is 13.2. The van der Waals surface area contributed by atoms with Gasteiger partial charge in [0.1, 0.15) is 12.1 Å². The summed E-state index contributed by atoms with van der Waals surface area (Å²) in [5.41, 5.74) is 0.967. The maximum Gasteiger partial charge on any atom is 0.140 e. The number of nitrogens with zero attached hydrogens (tertiary/aromatic N) is 3. The monoisotopic (exact) mass is 277 g/mol. The molecule has 0 spiro atoms. The van der Waals surface area contributed by atoms with Crippen LogP contribution in [0.5, 0.6) is 0 Å². The molecule has 0 saturated carbocycles. The van der Waals surface area contributed by atoms with Crippen LogP contribution in [0.2, 0.25) is 0 Å². The van der Waals surface area contributed by atoms with Crippen molar-refractivity contribution in [2.45, 2.75) is 19.1 Å². The Morgan fingerprint density at radius 2 is 2.16 bits per heavy atom. The number of ether oxygens (including phenoxy) is 1. The molecular formula is C14H16ClN3O. The highest BCUT2D eigenvalue weighted by Crippen LogP contribution is 2.25. The van der Waals surface area contributed by atoms with Crippen LogP contribution in [0.4, 0.5) is 5.82 Å². The number of hydrogen-bond acceptors (Lipinski definition) is 4. The van der Waals surface area contributed by atoms with E-state index < -0.39 is 0 Å². The second-order valence-corrected chi connectivity index (χ2v) is 5.15. The lowest BCUT2D eigenvalue weighted by atomic mass is 10.2. The van der Waals surface area contributed by atoms with Crippen molar-refractivity contribution >= 4 is 28.3 Å². The van der Waals surface area contributed by atoms with Crippen LogP contribution in [0.1, 0.15) is 6.92 Å². The minimum Gasteiger partial charge on any atom is -0.370 e. The van der Waals surface area contributed by atoms with Crippen molar-refractivity contribution in [3.8, 4) is 0 Å². The predicted octanol–water partition coefficient (Wildman–Crippen LogP) is 2.46. The minimum absolute atomic E-state index is 0.0548. The first kappa shape index (κ1) is 12.6. The summed E-state index contributed by atoms with van der Waals surface area (Å²) < 4.78 is 5.78. The lowest BCUT2D eigenvalue weighted by Crippen LogP contribution is -2.47. The Kier molecular flexibility index (Phi) is 3.53. The van der Waals surface area contributed by atoms with Crippen molar-refractivity contribution in [3.63, 3.8) is 0 Å². The smallest absolute Gasteiger partial charge is 0.140 e. The zero-order valence-electron chi connectivity index (χ0n) is 10.8. The molecule has 0 aliphatic carbocycles. The molecule has 0 N–H and O–H groups in total. The van der Waals surface area contributed by atoms with Crippen molar-refractivity contribution in [1.29, 1.82) is 0 Å². The van der Waals surface area contributed by atoms with Crippen LogP contribution in [-0.2, 0) is 4.74 Å². The van der Waals surface area contributed by atoms with Crippen molar-refractivity contribution in [2.24, 2.45) is 0 Å². The molecular weight excluding hydrogens is 262 g/mol. The van der Waals surface area contributed by atoms with Gasteiger partial charge in [-0.25, -0.2) is 9.97 Å². The summed E-state index contributed by atoms with van der Waals surface area (Å²) in [6.07, 6.45) is 1.83. The third kappa shape index (κ3) is 2.51. The van der Waals surface area contributed by atoms with E-state index in [1.165, 1.54) is 0 Å². The average Bonchev–Trinajstić information content (AvgIpc) is 2.46. The molecule has 2 aromatic rings. The minimum atomic E-state index is 0.0548. The predicted molar refractivity (Wildman–Crippen MR) is 76.8 cm³/mol. The number of para-hydroxylation sites is 1. The summed E-state index contributed by atoms with van der Waals surface area (Å²) in [7, 11) is 0. The van der Waals surface area contributed by atoms with Gasteiger partial charge in [0.15, 0.2) is 0 Å². The van der Waals surface area contributed by atoms with E-state index in [0.717, 1.165) is 29.8 Å². The van der Waals surface area contributed by atoms with E-state index in [9.17, 15) is 0 Å². The highest BCUT2D eigenvalue weighted by Gasteiger charge is 2.26. The maximum absolute atomic E-state index is 5.93. The largest absolute Gasteiger partial charge is 0.370 e. The standard InChI is InChI=1S/C14H16ClN3O/c1-10-7-18(8-11(6-15)19-10)14-12-4-2-3-5-13(12)16-9-17-14/h2-5,9-11H,6-8H2,1H3. The van der Waals surface area contributed by atoms with E-state index in [1.54, 1.807) is 6.33 Å². The lowest BCUT2D eigenvalue weighted by molar-refractivity contribution is -0.00348. The van der Waals surface area contributed by atoms with E-state index in [2.05, 4.69) is 27.9 Å². The second-order valence-electron chi connectivity index (χ2n) is 4.84. The number of rotatable bonds is 2. The molecule has 0 amide bonds. The first-order valence-corrected chi connectivity index (χ1v) is 6.97. The van der Waals surface area contributed by atoms with Crippen LogP contribution < -0.4 is 4.90 Å². The van der Waals surface area contributed by atoms with E-state index in [-0.39, 0.29) is 12.2 Å². The van der Waals surface area contributed by atoms with Gasteiger partial charge in [-0.1, -0.05) is 12.1 Å². The summed E-state index contributed by atoms with van der Waals surface area (Å²) in [6.45, 7) is 3.67. The van der Waals surface area contributed by atoms with Gasteiger partial charge in [0.2, 0.25) is 0 Å². The van der Waals surface area contributed by atoms with Crippen LogP contribution in [0.3, 0.4) is 0 Å². The van der Waals surface area contributed by atoms with Crippen molar-refractivity contribution in [3.05, 3.63) is 30.6 Å². The van der Waals surface area contributed by atoms with Gasteiger partial charge in [-0.05, 0) is 19.1 Å².